The maximum Gasteiger partial charge on any atom is 0.254 e. The Kier molecular flexibility index (Phi) is 6.06. The van der Waals surface area contributed by atoms with Gasteiger partial charge in [-0.2, -0.15) is 0 Å². The van der Waals surface area contributed by atoms with E-state index < -0.39 is 30.9 Å². The molecular weight excluding hydrogens is 276 g/mol. The van der Waals surface area contributed by atoms with Gasteiger partial charge in [-0.15, -0.1) is 0 Å². The first-order valence-electron chi connectivity index (χ1n) is 6.79. The van der Waals surface area contributed by atoms with Crippen molar-refractivity contribution in [2.45, 2.75) is 78.2 Å². The maximum absolute atomic E-state index is 6.29. The van der Waals surface area contributed by atoms with Crippen molar-refractivity contribution in [1.29, 1.82) is 0 Å². The van der Waals surface area contributed by atoms with Crippen molar-refractivity contribution in [3.8, 4) is 0 Å². The van der Waals surface area contributed by atoms with Crippen LogP contribution in [0.3, 0.4) is 0 Å². The molecule has 0 N–H and O–H groups in total. The predicted molar refractivity (Wildman–Crippen MR) is 86.3 cm³/mol. The van der Waals surface area contributed by atoms with Crippen molar-refractivity contribution in [3.63, 3.8) is 0 Å². The third-order valence-electron chi connectivity index (χ3n) is 1.82. The van der Waals surface area contributed by atoms with Gasteiger partial charge in [-0.3, -0.25) is 0 Å². The Labute approximate surface area is 117 Å². The van der Waals surface area contributed by atoms with Gasteiger partial charge in [-0.25, -0.2) is 0 Å². The third-order valence-corrected chi connectivity index (χ3v) is 4.59. The van der Waals surface area contributed by atoms with E-state index in [1.807, 2.05) is 0 Å². The molecule has 0 aromatic rings. The Morgan fingerprint density at radius 2 is 0.833 bits per heavy atom. The van der Waals surface area contributed by atoms with E-state index in [0.717, 1.165) is 6.42 Å². The lowest BCUT2D eigenvalue weighted by Crippen LogP contribution is -2.55. The van der Waals surface area contributed by atoms with Gasteiger partial charge in [0.1, 0.15) is 0 Å². The Morgan fingerprint density at radius 3 is 0.944 bits per heavy atom. The summed E-state index contributed by atoms with van der Waals surface area (Å²) in [7, 11) is -5.16. The zero-order chi connectivity index (χ0) is 14.8. The summed E-state index contributed by atoms with van der Waals surface area (Å²) in [4.78, 5) is 0. The van der Waals surface area contributed by atoms with Crippen LogP contribution < -0.4 is 0 Å². The second kappa shape index (κ2) is 5.89. The molecule has 0 aromatic heterocycles. The summed E-state index contributed by atoms with van der Waals surface area (Å²) in [6, 6.07) is 0. The van der Waals surface area contributed by atoms with Crippen LogP contribution in [0.4, 0.5) is 0 Å². The second-order valence-electron chi connectivity index (χ2n) is 7.68. The maximum atomic E-state index is 6.29. The van der Waals surface area contributed by atoms with E-state index >= 15 is 0 Å². The quantitative estimate of drug-likeness (QED) is 0.508. The second-order valence-corrected chi connectivity index (χ2v) is 21.0. The molecule has 0 atom stereocenters. The molecule has 0 aliphatic carbocycles. The minimum atomic E-state index is -1.72. The van der Waals surface area contributed by atoms with Gasteiger partial charge < -0.3 is 13.3 Å². The van der Waals surface area contributed by atoms with E-state index in [-0.39, 0.29) is 0 Å². The average molecular weight is 309 g/mol. The molecule has 0 fully saturated rings. The largest absolute Gasteiger partial charge is 0.371 e. The van der Waals surface area contributed by atoms with Gasteiger partial charge in [-0.05, 0) is 58.9 Å². The first kappa shape index (κ1) is 18.5. The monoisotopic (exact) mass is 308 g/mol. The van der Waals surface area contributed by atoms with Crippen LogP contribution >= 0.6 is 0 Å². The number of hydrogen-bond acceptors (Lipinski definition) is 3. The zero-order valence-electron chi connectivity index (χ0n) is 13.9. The van der Waals surface area contributed by atoms with E-state index in [1.54, 1.807) is 0 Å². The molecule has 110 valence electrons. The zero-order valence-corrected chi connectivity index (χ0v) is 16.9. The van der Waals surface area contributed by atoms with E-state index in [2.05, 4.69) is 65.8 Å². The SMILES string of the molecule is CCC(O[Si](C)(C)C)(O[Si](C)(C)C)O[Si](C)(C)C. The molecule has 0 spiro atoms. The Balaban J connectivity index is 5.20. The molecule has 0 saturated carbocycles. The minimum Gasteiger partial charge on any atom is -0.371 e. The molecule has 0 aromatic carbocycles. The Hall–Kier alpha value is 0.531. The Morgan fingerprint density at radius 1 is 0.611 bits per heavy atom. The van der Waals surface area contributed by atoms with Crippen LogP contribution in [0.25, 0.3) is 0 Å². The summed E-state index contributed by atoms with van der Waals surface area (Å²) in [5.74, 6) is -0.820. The van der Waals surface area contributed by atoms with Gasteiger partial charge in [0.2, 0.25) is 0 Å². The van der Waals surface area contributed by atoms with Crippen molar-refractivity contribution in [3.05, 3.63) is 0 Å². The van der Waals surface area contributed by atoms with E-state index in [0.29, 0.717) is 0 Å². The van der Waals surface area contributed by atoms with E-state index in [4.69, 9.17) is 13.3 Å². The lowest BCUT2D eigenvalue weighted by molar-refractivity contribution is -0.271. The van der Waals surface area contributed by atoms with Crippen LogP contribution in [0.15, 0.2) is 0 Å². The third kappa shape index (κ3) is 8.60. The van der Waals surface area contributed by atoms with Gasteiger partial charge in [-0.1, -0.05) is 6.92 Å². The minimum absolute atomic E-state index is 0.742. The smallest absolute Gasteiger partial charge is 0.254 e. The van der Waals surface area contributed by atoms with Crippen molar-refractivity contribution in [2.75, 3.05) is 0 Å². The molecule has 0 bridgehead atoms. The van der Waals surface area contributed by atoms with Crippen LogP contribution in [-0.2, 0) is 13.3 Å². The van der Waals surface area contributed by atoms with Crippen molar-refractivity contribution in [2.24, 2.45) is 0 Å². The molecule has 0 aliphatic rings. The molecule has 18 heavy (non-hydrogen) atoms. The molecule has 0 heterocycles. The molecule has 0 rings (SSSR count). The summed E-state index contributed by atoms with van der Waals surface area (Å²) < 4.78 is 18.9. The summed E-state index contributed by atoms with van der Waals surface area (Å²) in [5, 5.41) is 0. The molecule has 0 aliphatic heterocycles. The summed E-state index contributed by atoms with van der Waals surface area (Å²) in [5.41, 5.74) is 0. The summed E-state index contributed by atoms with van der Waals surface area (Å²) >= 11 is 0. The fraction of sp³-hybridized carbons (Fsp3) is 1.00. The normalized spacial score (nSPS) is 15.0. The van der Waals surface area contributed by atoms with Gasteiger partial charge in [0.15, 0.2) is 25.0 Å². The highest BCUT2D eigenvalue weighted by Crippen LogP contribution is 2.31. The molecule has 0 saturated heterocycles. The van der Waals surface area contributed by atoms with Gasteiger partial charge in [0.25, 0.3) is 5.97 Å². The van der Waals surface area contributed by atoms with Crippen molar-refractivity contribution >= 4 is 25.0 Å². The molecule has 3 nitrogen and oxygen atoms in total. The number of hydrogen-bond donors (Lipinski definition) is 0. The van der Waals surface area contributed by atoms with Gasteiger partial charge in [0, 0.05) is 6.42 Å². The van der Waals surface area contributed by atoms with Crippen LogP contribution in [-0.4, -0.2) is 30.9 Å². The molecular formula is C12H32O3Si3. The lowest BCUT2D eigenvalue weighted by Gasteiger charge is -2.44. The first-order chi connectivity index (χ1) is 7.68. The predicted octanol–water partition coefficient (Wildman–Crippen LogP) is 4.60. The Bertz CT molecular complexity index is 220. The van der Waals surface area contributed by atoms with E-state index in [1.165, 1.54) is 0 Å². The number of rotatable bonds is 7. The molecule has 0 radical (unpaired) electrons. The average Bonchev–Trinajstić information content (AvgIpc) is 1.93. The lowest BCUT2D eigenvalue weighted by atomic mass is 10.4. The highest BCUT2D eigenvalue weighted by atomic mass is 28.4. The molecule has 6 heteroatoms. The van der Waals surface area contributed by atoms with Crippen molar-refractivity contribution < 1.29 is 13.3 Å². The van der Waals surface area contributed by atoms with E-state index in [9.17, 15) is 0 Å². The molecule has 0 unspecified atom stereocenters. The summed E-state index contributed by atoms with van der Waals surface area (Å²) in [6.07, 6.45) is 0.742. The molecule has 0 amide bonds. The fourth-order valence-corrected chi connectivity index (χ4v) is 5.41. The van der Waals surface area contributed by atoms with Crippen LogP contribution in [0, 0.1) is 0 Å². The van der Waals surface area contributed by atoms with Crippen LogP contribution in [0.2, 0.25) is 58.9 Å². The standard InChI is InChI=1S/C12H32O3Si3/c1-11-12(13-16(2,3)4,14-17(5,6)7)15-18(8,9)10/h11H2,1-10H3. The fourth-order valence-electron chi connectivity index (χ4n) is 1.68. The van der Waals surface area contributed by atoms with Gasteiger partial charge >= 0.3 is 0 Å². The van der Waals surface area contributed by atoms with Crippen molar-refractivity contribution in [1.82, 2.24) is 0 Å². The van der Waals surface area contributed by atoms with Crippen LogP contribution in [0.5, 0.6) is 0 Å². The highest BCUT2D eigenvalue weighted by Gasteiger charge is 2.43. The van der Waals surface area contributed by atoms with Gasteiger partial charge in [0.05, 0.1) is 0 Å². The topological polar surface area (TPSA) is 27.7 Å². The first-order valence-corrected chi connectivity index (χ1v) is 17.0. The summed E-state index contributed by atoms with van der Waals surface area (Å²) in [6.45, 7) is 21.7. The highest BCUT2D eigenvalue weighted by molar-refractivity contribution is 6.72. The van der Waals surface area contributed by atoms with Crippen LogP contribution in [0.1, 0.15) is 13.3 Å².